The van der Waals surface area contributed by atoms with Gasteiger partial charge < -0.3 is 20.1 Å². The molecule has 2 N–H and O–H groups in total. The SMILES string of the molecule is COC(=O)CSc1ncc(CNC(=O)c2ccc3c(c2)NC(=O)c2ccccc2O3)s1. The monoisotopic (exact) mass is 455 g/mol. The fourth-order valence-corrected chi connectivity index (χ4v) is 4.60. The fraction of sp³-hybridized carbons (Fsp3) is 0.143. The van der Waals surface area contributed by atoms with Crippen molar-refractivity contribution in [3.8, 4) is 11.5 Å². The van der Waals surface area contributed by atoms with Crippen molar-refractivity contribution < 1.29 is 23.9 Å². The van der Waals surface area contributed by atoms with Crippen molar-refractivity contribution in [1.82, 2.24) is 10.3 Å². The van der Waals surface area contributed by atoms with Crippen LogP contribution in [0.1, 0.15) is 25.6 Å². The van der Waals surface area contributed by atoms with Crippen LogP contribution >= 0.6 is 23.1 Å². The van der Waals surface area contributed by atoms with Crippen LogP contribution in [0.5, 0.6) is 11.5 Å². The zero-order chi connectivity index (χ0) is 21.8. The summed E-state index contributed by atoms with van der Waals surface area (Å²) < 4.78 is 11.2. The lowest BCUT2D eigenvalue weighted by molar-refractivity contribution is -0.137. The molecule has 2 aromatic carbocycles. The van der Waals surface area contributed by atoms with E-state index in [1.54, 1.807) is 48.7 Å². The molecular weight excluding hydrogens is 438 g/mol. The number of hydrogen-bond donors (Lipinski definition) is 2. The Kier molecular flexibility index (Phi) is 6.19. The topological polar surface area (TPSA) is 107 Å². The molecular formula is C21H17N3O5S2. The van der Waals surface area contributed by atoms with E-state index in [0.29, 0.717) is 34.9 Å². The second-order valence-electron chi connectivity index (χ2n) is 6.40. The molecule has 0 atom stereocenters. The van der Waals surface area contributed by atoms with Crippen LogP contribution in [0.4, 0.5) is 5.69 Å². The van der Waals surface area contributed by atoms with Crippen LogP contribution in [0.3, 0.4) is 0 Å². The average Bonchev–Trinajstić information content (AvgIpc) is 3.19. The summed E-state index contributed by atoms with van der Waals surface area (Å²) in [6, 6.07) is 11.8. The molecule has 0 radical (unpaired) electrons. The molecule has 0 saturated carbocycles. The first kappa shape index (κ1) is 20.9. The number of benzene rings is 2. The maximum Gasteiger partial charge on any atom is 0.316 e. The van der Waals surface area contributed by atoms with Gasteiger partial charge in [-0.3, -0.25) is 14.4 Å². The zero-order valence-electron chi connectivity index (χ0n) is 16.3. The molecule has 3 aromatic rings. The van der Waals surface area contributed by atoms with E-state index in [0.717, 1.165) is 9.22 Å². The van der Waals surface area contributed by atoms with Crippen molar-refractivity contribution in [2.24, 2.45) is 0 Å². The van der Waals surface area contributed by atoms with Gasteiger partial charge in [-0.2, -0.15) is 0 Å². The van der Waals surface area contributed by atoms with E-state index in [9.17, 15) is 14.4 Å². The Labute approximate surface area is 186 Å². The molecule has 0 bridgehead atoms. The number of amides is 2. The molecule has 1 aliphatic rings. The number of esters is 1. The summed E-state index contributed by atoms with van der Waals surface area (Å²) in [6.07, 6.45) is 1.66. The molecule has 158 valence electrons. The number of nitrogens with zero attached hydrogens (tertiary/aromatic N) is 1. The molecule has 0 spiro atoms. The summed E-state index contributed by atoms with van der Waals surface area (Å²) >= 11 is 2.68. The van der Waals surface area contributed by atoms with Gasteiger partial charge in [0.15, 0.2) is 10.1 Å². The third kappa shape index (κ3) is 4.86. The summed E-state index contributed by atoms with van der Waals surface area (Å²) in [5.74, 6) is 0.191. The van der Waals surface area contributed by atoms with E-state index in [1.807, 2.05) is 0 Å². The third-order valence-corrected chi connectivity index (χ3v) is 6.47. The number of thiazole rings is 1. The van der Waals surface area contributed by atoms with Gasteiger partial charge in [-0.05, 0) is 30.3 Å². The van der Waals surface area contributed by atoms with Crippen LogP contribution in [0.15, 0.2) is 53.0 Å². The number of methoxy groups -OCH3 is 1. The van der Waals surface area contributed by atoms with Gasteiger partial charge in [-0.15, -0.1) is 11.3 Å². The number of aromatic nitrogens is 1. The van der Waals surface area contributed by atoms with Crippen LogP contribution in [0.2, 0.25) is 0 Å². The summed E-state index contributed by atoms with van der Waals surface area (Å²) in [6.45, 7) is 0.292. The summed E-state index contributed by atoms with van der Waals surface area (Å²) in [4.78, 5) is 41.3. The molecule has 1 aromatic heterocycles. The van der Waals surface area contributed by atoms with Crippen LogP contribution in [0.25, 0.3) is 0 Å². The predicted molar refractivity (Wildman–Crippen MR) is 117 cm³/mol. The number of carbonyl (C=O) groups excluding carboxylic acids is 3. The zero-order valence-corrected chi connectivity index (χ0v) is 18.0. The van der Waals surface area contributed by atoms with E-state index in [1.165, 1.54) is 30.2 Å². The van der Waals surface area contributed by atoms with E-state index >= 15 is 0 Å². The lowest BCUT2D eigenvalue weighted by atomic mass is 10.1. The van der Waals surface area contributed by atoms with Crippen molar-refractivity contribution >= 4 is 46.6 Å². The first-order valence-corrected chi connectivity index (χ1v) is 11.0. The van der Waals surface area contributed by atoms with Gasteiger partial charge >= 0.3 is 5.97 Å². The number of fused-ring (bicyclic) bond motifs is 2. The first-order valence-electron chi connectivity index (χ1n) is 9.18. The van der Waals surface area contributed by atoms with Gasteiger partial charge in [0.25, 0.3) is 11.8 Å². The Morgan fingerprint density at radius 2 is 2.06 bits per heavy atom. The lowest BCUT2D eigenvalue weighted by Crippen LogP contribution is -2.22. The number of para-hydroxylation sites is 1. The Morgan fingerprint density at radius 1 is 1.23 bits per heavy atom. The fourth-order valence-electron chi connectivity index (χ4n) is 2.80. The third-order valence-electron chi connectivity index (χ3n) is 4.34. The molecule has 4 rings (SSSR count). The van der Waals surface area contributed by atoms with Gasteiger partial charge in [-0.1, -0.05) is 23.9 Å². The van der Waals surface area contributed by atoms with Crippen LogP contribution < -0.4 is 15.4 Å². The van der Waals surface area contributed by atoms with Crippen LogP contribution in [-0.4, -0.2) is 35.6 Å². The van der Waals surface area contributed by atoms with Crippen molar-refractivity contribution in [1.29, 1.82) is 0 Å². The molecule has 1 aliphatic heterocycles. The molecule has 0 aliphatic carbocycles. The van der Waals surface area contributed by atoms with Gasteiger partial charge in [-0.25, -0.2) is 4.98 Å². The lowest BCUT2D eigenvalue weighted by Gasteiger charge is -2.10. The minimum atomic E-state index is -0.322. The predicted octanol–water partition coefficient (Wildman–Crippen LogP) is 3.70. The average molecular weight is 456 g/mol. The molecule has 8 nitrogen and oxygen atoms in total. The summed E-state index contributed by atoms with van der Waals surface area (Å²) in [7, 11) is 1.34. The Hall–Kier alpha value is -3.37. The van der Waals surface area contributed by atoms with Gasteiger partial charge in [0.1, 0.15) is 5.75 Å². The number of rotatable bonds is 6. The second-order valence-corrected chi connectivity index (χ2v) is 8.74. The van der Waals surface area contributed by atoms with Crippen molar-refractivity contribution in [2.75, 3.05) is 18.2 Å². The highest BCUT2D eigenvalue weighted by molar-refractivity contribution is 8.01. The number of carbonyl (C=O) groups is 3. The maximum atomic E-state index is 12.6. The highest BCUT2D eigenvalue weighted by Crippen LogP contribution is 2.36. The highest BCUT2D eigenvalue weighted by atomic mass is 32.2. The van der Waals surface area contributed by atoms with E-state index in [-0.39, 0.29) is 23.5 Å². The Bertz CT molecular complexity index is 1160. The number of nitrogens with one attached hydrogen (secondary N) is 2. The standard InChI is InChI=1S/C21H17N3O5S2/c1-28-18(25)11-30-21-23-10-13(31-21)9-22-19(26)12-6-7-17-15(8-12)24-20(27)14-4-2-3-5-16(14)29-17/h2-8,10H,9,11H2,1H3,(H,22,26)(H,24,27). The van der Waals surface area contributed by atoms with Crippen LogP contribution in [0, 0.1) is 0 Å². The summed E-state index contributed by atoms with van der Waals surface area (Å²) in [5.41, 5.74) is 1.24. The number of hydrogen-bond acceptors (Lipinski definition) is 8. The van der Waals surface area contributed by atoms with Crippen LogP contribution in [-0.2, 0) is 16.1 Å². The van der Waals surface area contributed by atoms with Gasteiger partial charge in [0, 0.05) is 16.6 Å². The maximum absolute atomic E-state index is 12.6. The Balaban J connectivity index is 1.40. The summed E-state index contributed by atoms with van der Waals surface area (Å²) in [5, 5.41) is 5.62. The molecule has 0 saturated heterocycles. The van der Waals surface area contributed by atoms with Gasteiger partial charge in [0.2, 0.25) is 0 Å². The molecule has 31 heavy (non-hydrogen) atoms. The quantitative estimate of drug-likeness (QED) is 0.431. The molecule has 2 heterocycles. The smallest absolute Gasteiger partial charge is 0.316 e. The second kappa shape index (κ2) is 9.19. The number of thioether (sulfide) groups is 1. The minimum Gasteiger partial charge on any atom is -0.468 e. The largest absolute Gasteiger partial charge is 0.468 e. The van der Waals surface area contributed by atoms with Gasteiger partial charge in [0.05, 0.1) is 30.7 Å². The minimum absolute atomic E-state index is 0.183. The number of ether oxygens (including phenoxy) is 2. The van der Waals surface area contributed by atoms with Crippen molar-refractivity contribution in [3.63, 3.8) is 0 Å². The Morgan fingerprint density at radius 3 is 2.90 bits per heavy atom. The number of anilines is 1. The molecule has 0 fully saturated rings. The van der Waals surface area contributed by atoms with Crippen molar-refractivity contribution in [2.45, 2.75) is 10.9 Å². The van der Waals surface area contributed by atoms with E-state index in [2.05, 4.69) is 20.4 Å². The molecule has 10 heteroatoms. The highest BCUT2D eigenvalue weighted by Gasteiger charge is 2.21. The normalized spacial score (nSPS) is 12.0. The van der Waals surface area contributed by atoms with Crippen molar-refractivity contribution in [3.05, 3.63) is 64.7 Å². The molecule has 0 unspecified atom stereocenters. The van der Waals surface area contributed by atoms with E-state index < -0.39 is 0 Å². The van der Waals surface area contributed by atoms with E-state index in [4.69, 9.17) is 4.74 Å². The molecule has 2 amide bonds. The first-order chi connectivity index (χ1) is 15.0.